The van der Waals surface area contributed by atoms with Gasteiger partial charge >= 0.3 is 0 Å². The van der Waals surface area contributed by atoms with Crippen molar-refractivity contribution in [1.82, 2.24) is 5.32 Å². The quantitative estimate of drug-likeness (QED) is 0.832. The molecule has 0 radical (unpaired) electrons. The standard InChI is InChI=1S/C24H30N2O3/c1-15-8-9-16(2)18(12-15)14-26-19-13-17(21(27)25-23(3,4)5)10-11-20(19)29-24(6,7)22(26)28/h8-13H,14H2,1-7H3,(H,25,27). The topological polar surface area (TPSA) is 58.6 Å². The van der Waals surface area contributed by atoms with Gasteiger partial charge in [0.25, 0.3) is 11.8 Å². The van der Waals surface area contributed by atoms with Crippen LogP contribution in [0.2, 0.25) is 0 Å². The second-order valence-electron chi connectivity index (χ2n) is 9.32. The number of anilines is 1. The first-order chi connectivity index (χ1) is 13.4. The summed E-state index contributed by atoms with van der Waals surface area (Å²) >= 11 is 0. The van der Waals surface area contributed by atoms with Gasteiger partial charge in [-0.3, -0.25) is 9.59 Å². The predicted molar refractivity (Wildman–Crippen MR) is 115 cm³/mol. The third-order valence-electron chi connectivity index (χ3n) is 4.96. The minimum Gasteiger partial charge on any atom is -0.476 e. The van der Waals surface area contributed by atoms with Crippen LogP contribution in [0.15, 0.2) is 36.4 Å². The minimum atomic E-state index is -0.972. The van der Waals surface area contributed by atoms with Crippen LogP contribution in [0.25, 0.3) is 0 Å². The van der Waals surface area contributed by atoms with Crippen LogP contribution in [0.5, 0.6) is 5.75 Å². The number of hydrogen-bond donors (Lipinski definition) is 1. The van der Waals surface area contributed by atoms with Crippen molar-refractivity contribution < 1.29 is 14.3 Å². The Morgan fingerprint density at radius 2 is 1.79 bits per heavy atom. The fourth-order valence-electron chi connectivity index (χ4n) is 3.42. The summed E-state index contributed by atoms with van der Waals surface area (Å²) < 4.78 is 5.97. The van der Waals surface area contributed by atoms with Crippen molar-refractivity contribution in [2.75, 3.05) is 4.90 Å². The highest BCUT2D eigenvalue weighted by atomic mass is 16.5. The zero-order valence-electron chi connectivity index (χ0n) is 18.3. The lowest BCUT2D eigenvalue weighted by atomic mass is 9.99. The number of carbonyl (C=O) groups excluding carboxylic acids is 2. The molecular formula is C24H30N2O3. The Morgan fingerprint density at radius 1 is 1.10 bits per heavy atom. The molecule has 0 bridgehead atoms. The molecule has 0 saturated carbocycles. The van der Waals surface area contributed by atoms with Crippen molar-refractivity contribution in [3.05, 3.63) is 58.7 Å². The zero-order valence-corrected chi connectivity index (χ0v) is 18.3. The molecule has 0 aromatic heterocycles. The Labute approximate surface area is 173 Å². The number of hydrogen-bond acceptors (Lipinski definition) is 3. The third-order valence-corrected chi connectivity index (χ3v) is 4.96. The number of rotatable bonds is 3. The lowest BCUT2D eigenvalue weighted by Gasteiger charge is -2.39. The molecule has 0 atom stereocenters. The number of ether oxygens (including phenoxy) is 1. The molecule has 1 heterocycles. The minimum absolute atomic E-state index is 0.126. The normalized spacial score (nSPS) is 15.6. The fourth-order valence-corrected chi connectivity index (χ4v) is 3.42. The molecule has 5 heteroatoms. The van der Waals surface area contributed by atoms with Crippen LogP contribution >= 0.6 is 0 Å². The van der Waals surface area contributed by atoms with Gasteiger partial charge in [0.1, 0.15) is 5.75 Å². The Hall–Kier alpha value is -2.82. The number of aryl methyl sites for hydroxylation is 2. The summed E-state index contributed by atoms with van der Waals surface area (Å²) in [5.74, 6) is 0.302. The monoisotopic (exact) mass is 394 g/mol. The SMILES string of the molecule is Cc1ccc(C)c(CN2C(=O)C(C)(C)Oc3ccc(C(=O)NC(C)(C)C)cc32)c1. The molecule has 2 amide bonds. The van der Waals surface area contributed by atoms with E-state index in [4.69, 9.17) is 4.74 Å². The van der Waals surface area contributed by atoms with E-state index >= 15 is 0 Å². The summed E-state index contributed by atoms with van der Waals surface area (Å²) in [6.45, 7) is 13.9. The van der Waals surface area contributed by atoms with Crippen LogP contribution in [0, 0.1) is 13.8 Å². The van der Waals surface area contributed by atoms with Crippen molar-refractivity contribution in [2.24, 2.45) is 0 Å². The van der Waals surface area contributed by atoms with Crippen molar-refractivity contribution >= 4 is 17.5 Å². The second-order valence-corrected chi connectivity index (χ2v) is 9.32. The van der Waals surface area contributed by atoms with E-state index in [1.807, 2.05) is 34.6 Å². The van der Waals surface area contributed by atoms with Gasteiger partial charge in [0.05, 0.1) is 12.2 Å². The molecule has 29 heavy (non-hydrogen) atoms. The van der Waals surface area contributed by atoms with E-state index < -0.39 is 5.60 Å². The summed E-state index contributed by atoms with van der Waals surface area (Å²) in [4.78, 5) is 27.6. The molecule has 0 aliphatic carbocycles. The van der Waals surface area contributed by atoms with E-state index in [9.17, 15) is 9.59 Å². The van der Waals surface area contributed by atoms with E-state index in [0.29, 0.717) is 23.5 Å². The van der Waals surface area contributed by atoms with Gasteiger partial charge in [0, 0.05) is 11.1 Å². The molecule has 0 saturated heterocycles. The number of nitrogens with one attached hydrogen (secondary N) is 1. The molecule has 0 unspecified atom stereocenters. The Balaban J connectivity index is 2.04. The molecule has 3 rings (SSSR count). The van der Waals surface area contributed by atoms with Crippen molar-refractivity contribution in [3.8, 4) is 5.75 Å². The summed E-state index contributed by atoms with van der Waals surface area (Å²) in [5.41, 5.74) is 3.14. The first-order valence-corrected chi connectivity index (χ1v) is 9.91. The maximum atomic E-state index is 13.2. The van der Waals surface area contributed by atoms with Gasteiger partial charge in [0.15, 0.2) is 5.60 Å². The van der Waals surface area contributed by atoms with Crippen LogP contribution in [-0.2, 0) is 11.3 Å². The molecule has 2 aromatic carbocycles. The summed E-state index contributed by atoms with van der Waals surface area (Å²) in [5, 5.41) is 2.97. The number of carbonyl (C=O) groups is 2. The summed E-state index contributed by atoms with van der Waals surface area (Å²) in [7, 11) is 0. The van der Waals surface area contributed by atoms with Gasteiger partial charge in [-0.1, -0.05) is 23.8 Å². The summed E-state index contributed by atoms with van der Waals surface area (Å²) in [6, 6.07) is 11.5. The Kier molecular flexibility index (Phi) is 5.20. The Bertz CT molecular complexity index is 971. The van der Waals surface area contributed by atoms with Gasteiger partial charge < -0.3 is 15.0 Å². The average molecular weight is 395 g/mol. The first kappa shape index (κ1) is 20.9. The van der Waals surface area contributed by atoms with Gasteiger partial charge in [-0.2, -0.15) is 0 Å². The molecule has 5 nitrogen and oxygen atoms in total. The largest absolute Gasteiger partial charge is 0.476 e. The van der Waals surface area contributed by atoms with E-state index in [-0.39, 0.29) is 17.4 Å². The van der Waals surface area contributed by atoms with Crippen LogP contribution < -0.4 is 15.0 Å². The van der Waals surface area contributed by atoms with Crippen molar-refractivity contribution in [3.63, 3.8) is 0 Å². The number of fused-ring (bicyclic) bond motifs is 1. The molecule has 2 aromatic rings. The lowest BCUT2D eigenvalue weighted by molar-refractivity contribution is -0.132. The fraction of sp³-hybridized carbons (Fsp3) is 0.417. The summed E-state index contributed by atoms with van der Waals surface area (Å²) in [6.07, 6.45) is 0. The van der Waals surface area contributed by atoms with Gasteiger partial charge in [0.2, 0.25) is 0 Å². The van der Waals surface area contributed by atoms with Gasteiger partial charge in [-0.15, -0.1) is 0 Å². The van der Waals surface area contributed by atoms with Crippen LogP contribution in [-0.4, -0.2) is 23.0 Å². The van der Waals surface area contributed by atoms with Crippen LogP contribution in [0.4, 0.5) is 5.69 Å². The molecule has 154 valence electrons. The maximum Gasteiger partial charge on any atom is 0.271 e. The number of benzene rings is 2. The number of amides is 2. The number of nitrogens with zero attached hydrogens (tertiary/aromatic N) is 1. The van der Waals surface area contributed by atoms with Crippen LogP contribution in [0.1, 0.15) is 61.7 Å². The molecule has 1 N–H and O–H groups in total. The van der Waals surface area contributed by atoms with Crippen molar-refractivity contribution in [2.45, 2.75) is 66.2 Å². The second kappa shape index (κ2) is 7.21. The molecule has 0 spiro atoms. The zero-order chi connectivity index (χ0) is 21.6. The molecule has 0 fully saturated rings. The van der Waals surface area contributed by atoms with Crippen LogP contribution in [0.3, 0.4) is 0 Å². The molecule has 1 aliphatic rings. The van der Waals surface area contributed by atoms with Crippen molar-refractivity contribution in [1.29, 1.82) is 0 Å². The first-order valence-electron chi connectivity index (χ1n) is 9.91. The predicted octanol–water partition coefficient (Wildman–Crippen LogP) is 4.54. The third kappa shape index (κ3) is 4.44. The average Bonchev–Trinajstić information content (AvgIpc) is 2.59. The van der Waals surface area contributed by atoms with Gasteiger partial charge in [-0.05, 0) is 77.8 Å². The molecular weight excluding hydrogens is 364 g/mol. The maximum absolute atomic E-state index is 13.2. The van der Waals surface area contributed by atoms with E-state index in [1.165, 1.54) is 0 Å². The Morgan fingerprint density at radius 3 is 2.45 bits per heavy atom. The highest BCUT2D eigenvalue weighted by molar-refractivity contribution is 6.04. The van der Waals surface area contributed by atoms with E-state index in [2.05, 4.69) is 23.5 Å². The van der Waals surface area contributed by atoms with Gasteiger partial charge in [-0.25, -0.2) is 0 Å². The molecule has 1 aliphatic heterocycles. The van der Waals surface area contributed by atoms with E-state index in [0.717, 1.165) is 16.7 Å². The smallest absolute Gasteiger partial charge is 0.271 e. The highest BCUT2D eigenvalue weighted by Gasteiger charge is 2.41. The lowest BCUT2D eigenvalue weighted by Crippen LogP contribution is -2.52. The van der Waals surface area contributed by atoms with E-state index in [1.54, 1.807) is 36.9 Å². The highest BCUT2D eigenvalue weighted by Crippen LogP contribution is 2.39.